The number of nitrogens with one attached hydrogen (secondary N) is 1. The standard InChI is InChI=1S/C24H28N4O4S/c1-14-21(25-26-23(29)33-14)15-6-8-18-17(12-15)24(2,3)10-11-28(18)22(27-30)16-7-9-19(31-4)20(13-16)32-5/h6-9,12-14,30H,10-11H2,1-5H3,(H,26,29)/b27-22-. The first-order valence-corrected chi connectivity index (χ1v) is 11.6. The van der Waals surface area contributed by atoms with Crippen molar-refractivity contribution >= 4 is 34.2 Å². The minimum Gasteiger partial charge on any atom is -0.493 e. The molecular weight excluding hydrogens is 440 g/mol. The number of nitrogens with zero attached hydrogens (tertiary/aromatic N) is 3. The van der Waals surface area contributed by atoms with Crippen LogP contribution in [0.4, 0.5) is 10.5 Å². The van der Waals surface area contributed by atoms with Gasteiger partial charge in [-0.25, -0.2) is 5.43 Å². The van der Waals surface area contributed by atoms with Gasteiger partial charge in [0.2, 0.25) is 0 Å². The van der Waals surface area contributed by atoms with Crippen molar-refractivity contribution in [3.8, 4) is 11.5 Å². The van der Waals surface area contributed by atoms with Gasteiger partial charge in [0, 0.05) is 17.8 Å². The van der Waals surface area contributed by atoms with Gasteiger partial charge in [-0.1, -0.05) is 36.8 Å². The topological polar surface area (TPSA) is 95.8 Å². The molecule has 2 heterocycles. The maximum absolute atomic E-state index is 11.6. The average Bonchev–Trinajstić information content (AvgIpc) is 2.80. The number of anilines is 1. The highest BCUT2D eigenvalue weighted by Gasteiger charge is 2.35. The minimum absolute atomic E-state index is 0.0408. The number of oxime groups is 1. The number of benzene rings is 2. The Labute approximate surface area is 197 Å². The van der Waals surface area contributed by atoms with Gasteiger partial charge in [-0.2, -0.15) is 5.10 Å². The van der Waals surface area contributed by atoms with E-state index in [0.717, 1.165) is 28.9 Å². The molecule has 174 valence electrons. The summed E-state index contributed by atoms with van der Waals surface area (Å²) in [4.78, 5) is 13.7. The maximum Gasteiger partial charge on any atom is 0.299 e. The van der Waals surface area contributed by atoms with Gasteiger partial charge in [-0.05, 0) is 60.2 Å². The zero-order chi connectivity index (χ0) is 23.8. The normalized spacial score (nSPS) is 20.0. The molecule has 1 unspecified atom stereocenters. The second-order valence-corrected chi connectivity index (χ2v) is 9.98. The van der Waals surface area contributed by atoms with Crippen LogP contribution in [0.1, 0.15) is 43.9 Å². The fourth-order valence-electron chi connectivity index (χ4n) is 4.32. The fraction of sp³-hybridized carbons (Fsp3) is 0.375. The van der Waals surface area contributed by atoms with Gasteiger partial charge in [0.25, 0.3) is 5.24 Å². The molecule has 2 aliphatic rings. The third-order valence-corrected chi connectivity index (χ3v) is 7.08. The van der Waals surface area contributed by atoms with Gasteiger partial charge in [0.1, 0.15) is 0 Å². The lowest BCUT2D eigenvalue weighted by Gasteiger charge is -2.40. The van der Waals surface area contributed by atoms with Crippen molar-refractivity contribution in [2.75, 3.05) is 25.7 Å². The first-order valence-electron chi connectivity index (χ1n) is 10.7. The quantitative estimate of drug-likeness (QED) is 0.295. The van der Waals surface area contributed by atoms with Crippen molar-refractivity contribution in [2.24, 2.45) is 10.3 Å². The van der Waals surface area contributed by atoms with Crippen molar-refractivity contribution < 1.29 is 19.5 Å². The SMILES string of the molecule is COc1ccc(/C(=N/O)N2CCC(C)(C)c3cc(C4=NNC(=O)SC4C)ccc32)cc1OC. The van der Waals surface area contributed by atoms with E-state index in [9.17, 15) is 10.0 Å². The van der Waals surface area contributed by atoms with E-state index in [1.165, 1.54) is 11.8 Å². The Kier molecular flexibility index (Phi) is 6.25. The van der Waals surface area contributed by atoms with E-state index in [2.05, 4.69) is 35.6 Å². The molecule has 1 amide bonds. The molecule has 2 aliphatic heterocycles. The van der Waals surface area contributed by atoms with Crippen LogP contribution in [0.3, 0.4) is 0 Å². The molecule has 0 aromatic heterocycles. The molecule has 9 heteroatoms. The number of amidine groups is 1. The summed E-state index contributed by atoms with van der Waals surface area (Å²) < 4.78 is 10.8. The van der Waals surface area contributed by atoms with Gasteiger partial charge in [-0.3, -0.25) is 4.79 Å². The summed E-state index contributed by atoms with van der Waals surface area (Å²) >= 11 is 1.23. The summed E-state index contributed by atoms with van der Waals surface area (Å²) in [6.45, 7) is 7.09. The van der Waals surface area contributed by atoms with E-state index in [1.807, 2.05) is 30.0 Å². The van der Waals surface area contributed by atoms with E-state index in [1.54, 1.807) is 26.4 Å². The number of thioether (sulfide) groups is 1. The van der Waals surface area contributed by atoms with E-state index in [0.29, 0.717) is 29.4 Å². The molecule has 0 radical (unpaired) electrons. The highest BCUT2D eigenvalue weighted by molar-refractivity contribution is 8.14. The molecule has 2 N–H and O–H groups in total. The van der Waals surface area contributed by atoms with Crippen LogP contribution in [0.25, 0.3) is 0 Å². The highest BCUT2D eigenvalue weighted by Crippen LogP contribution is 2.42. The number of hydrogen-bond donors (Lipinski definition) is 2. The van der Waals surface area contributed by atoms with Crippen LogP contribution in [0.2, 0.25) is 0 Å². The summed E-state index contributed by atoms with van der Waals surface area (Å²) in [5.74, 6) is 1.61. The van der Waals surface area contributed by atoms with Crippen LogP contribution >= 0.6 is 11.8 Å². The van der Waals surface area contributed by atoms with Crippen LogP contribution in [-0.4, -0.2) is 48.0 Å². The number of carbonyl (C=O) groups is 1. The highest BCUT2D eigenvalue weighted by atomic mass is 32.2. The van der Waals surface area contributed by atoms with Crippen molar-refractivity contribution in [3.05, 3.63) is 53.1 Å². The van der Waals surface area contributed by atoms with Crippen LogP contribution in [0.15, 0.2) is 46.7 Å². The van der Waals surface area contributed by atoms with Crippen molar-refractivity contribution in [2.45, 2.75) is 37.9 Å². The van der Waals surface area contributed by atoms with E-state index in [4.69, 9.17) is 9.47 Å². The van der Waals surface area contributed by atoms with E-state index >= 15 is 0 Å². The van der Waals surface area contributed by atoms with Gasteiger partial charge in [0.05, 0.1) is 25.2 Å². The number of amides is 1. The lowest BCUT2D eigenvalue weighted by Crippen LogP contribution is -2.42. The molecule has 4 rings (SSSR count). The summed E-state index contributed by atoms with van der Waals surface area (Å²) in [6.07, 6.45) is 0.864. The molecule has 0 saturated heterocycles. The Balaban J connectivity index is 1.77. The zero-order valence-electron chi connectivity index (χ0n) is 19.4. The number of carbonyl (C=O) groups excluding carboxylic acids is 1. The first-order chi connectivity index (χ1) is 15.8. The van der Waals surface area contributed by atoms with Crippen molar-refractivity contribution in [3.63, 3.8) is 0 Å². The monoisotopic (exact) mass is 468 g/mol. The number of fused-ring (bicyclic) bond motifs is 1. The number of rotatable bonds is 4. The predicted molar refractivity (Wildman–Crippen MR) is 131 cm³/mol. The molecule has 0 fully saturated rings. The Morgan fingerprint density at radius 3 is 2.64 bits per heavy atom. The molecule has 0 spiro atoms. The van der Waals surface area contributed by atoms with Crippen LogP contribution in [0.5, 0.6) is 11.5 Å². The largest absolute Gasteiger partial charge is 0.493 e. The second-order valence-electron chi connectivity index (χ2n) is 8.67. The lowest BCUT2D eigenvalue weighted by atomic mass is 9.76. The molecule has 2 aromatic rings. The second kappa shape index (κ2) is 8.97. The van der Waals surface area contributed by atoms with E-state index in [-0.39, 0.29) is 15.9 Å². The van der Waals surface area contributed by atoms with Gasteiger partial charge in [0.15, 0.2) is 17.3 Å². The Morgan fingerprint density at radius 2 is 1.97 bits per heavy atom. The molecule has 0 saturated carbocycles. The maximum atomic E-state index is 11.6. The third kappa shape index (κ3) is 4.25. The molecular formula is C24H28N4O4S. The number of ether oxygens (including phenoxy) is 2. The Hall–Kier alpha value is -3.20. The number of hydrogen-bond acceptors (Lipinski definition) is 7. The van der Waals surface area contributed by atoms with Gasteiger partial charge >= 0.3 is 0 Å². The third-order valence-electron chi connectivity index (χ3n) is 6.20. The smallest absolute Gasteiger partial charge is 0.299 e. The average molecular weight is 469 g/mol. The summed E-state index contributed by atoms with van der Waals surface area (Å²) in [7, 11) is 3.16. The number of methoxy groups -OCH3 is 2. The summed E-state index contributed by atoms with van der Waals surface area (Å²) in [6, 6.07) is 11.6. The predicted octanol–water partition coefficient (Wildman–Crippen LogP) is 4.58. The van der Waals surface area contributed by atoms with Crippen molar-refractivity contribution in [1.29, 1.82) is 0 Å². The summed E-state index contributed by atoms with van der Waals surface area (Å²) in [5, 5.41) is 17.8. The molecule has 2 aromatic carbocycles. The molecule has 0 bridgehead atoms. The molecule has 8 nitrogen and oxygen atoms in total. The zero-order valence-corrected chi connectivity index (χ0v) is 20.2. The Bertz CT molecular complexity index is 1150. The molecule has 1 atom stereocenters. The molecule has 33 heavy (non-hydrogen) atoms. The first kappa shape index (κ1) is 23.0. The molecule has 0 aliphatic carbocycles. The van der Waals surface area contributed by atoms with Crippen LogP contribution < -0.4 is 19.8 Å². The van der Waals surface area contributed by atoms with Gasteiger partial charge < -0.3 is 19.6 Å². The number of hydrazone groups is 1. The minimum atomic E-state index is -0.144. The van der Waals surface area contributed by atoms with Crippen LogP contribution in [0, 0.1) is 0 Å². The summed E-state index contributed by atoms with van der Waals surface area (Å²) in [5.41, 5.74) is 7.10. The lowest BCUT2D eigenvalue weighted by molar-refractivity contribution is 0.261. The fourth-order valence-corrected chi connectivity index (χ4v) is 5.04. The Morgan fingerprint density at radius 1 is 1.21 bits per heavy atom. The van der Waals surface area contributed by atoms with Crippen molar-refractivity contribution in [1.82, 2.24) is 5.43 Å². The van der Waals surface area contributed by atoms with Crippen LogP contribution in [-0.2, 0) is 5.41 Å². The van der Waals surface area contributed by atoms with E-state index < -0.39 is 0 Å². The van der Waals surface area contributed by atoms with Gasteiger partial charge in [-0.15, -0.1) is 0 Å².